The van der Waals surface area contributed by atoms with Crippen LogP contribution in [0.3, 0.4) is 0 Å². The van der Waals surface area contributed by atoms with E-state index in [0.717, 1.165) is 43.5 Å². The minimum absolute atomic E-state index is 0.221. The molecule has 1 fully saturated rings. The summed E-state index contributed by atoms with van der Waals surface area (Å²) in [4.78, 5) is 16.5. The van der Waals surface area contributed by atoms with Crippen LogP contribution in [0.2, 0.25) is 0 Å². The number of allylic oxidation sites excluding steroid dienone is 1. The highest BCUT2D eigenvalue weighted by Gasteiger charge is 2.39. The monoisotopic (exact) mass is 521 g/mol. The fourth-order valence-electron chi connectivity index (χ4n) is 6.14. The van der Waals surface area contributed by atoms with E-state index in [4.69, 9.17) is 15.5 Å². The predicted octanol–water partition coefficient (Wildman–Crippen LogP) is 5.99. The number of hydrogen-bond donors (Lipinski definition) is 2. The van der Waals surface area contributed by atoms with Gasteiger partial charge >= 0.3 is 0 Å². The summed E-state index contributed by atoms with van der Waals surface area (Å²) in [6.45, 7) is 1.69. The molecule has 0 radical (unpaired) electrons. The molecule has 5 heteroatoms. The van der Waals surface area contributed by atoms with Crippen LogP contribution in [0.4, 0.5) is 0 Å². The number of rotatable bonds is 13. The minimum Gasteiger partial charge on any atom is -0.494 e. The zero-order valence-corrected chi connectivity index (χ0v) is 22.6. The van der Waals surface area contributed by atoms with Crippen LogP contribution in [-0.4, -0.2) is 36.9 Å². The van der Waals surface area contributed by atoms with Crippen LogP contribution in [0.25, 0.3) is 0 Å². The van der Waals surface area contributed by atoms with Gasteiger partial charge in [-0.25, -0.2) is 0 Å². The second kappa shape index (κ2) is 12.9. The largest absolute Gasteiger partial charge is 0.494 e. The van der Waals surface area contributed by atoms with Crippen molar-refractivity contribution in [1.82, 2.24) is 5.32 Å². The molecule has 3 N–H and O–H groups in total. The average Bonchev–Trinajstić information content (AvgIpc) is 3.61. The SMILES string of the molecule is NC(=O)Cc1cccc(OCCCC2(CC3CCCN3)N=CC=C2CC(c2ccccc2)c2ccccc2)c1. The number of carbonyl (C=O) groups excluding carboxylic acids is 1. The average molecular weight is 522 g/mol. The fraction of sp³-hybridized carbons (Fsp3) is 0.353. The highest BCUT2D eigenvalue weighted by Crippen LogP contribution is 2.43. The smallest absolute Gasteiger partial charge is 0.221 e. The Hall–Kier alpha value is -3.70. The van der Waals surface area contributed by atoms with Crippen molar-refractivity contribution in [3.63, 3.8) is 0 Å². The number of amides is 1. The second-order valence-corrected chi connectivity index (χ2v) is 10.8. The third-order valence-corrected chi connectivity index (χ3v) is 8.05. The van der Waals surface area contributed by atoms with Crippen LogP contribution < -0.4 is 15.8 Å². The Labute approximate surface area is 232 Å². The van der Waals surface area contributed by atoms with Crippen LogP contribution in [-0.2, 0) is 11.2 Å². The van der Waals surface area contributed by atoms with Crippen molar-refractivity contribution in [2.45, 2.75) is 62.4 Å². The second-order valence-electron chi connectivity index (χ2n) is 10.8. The molecule has 2 atom stereocenters. The lowest BCUT2D eigenvalue weighted by atomic mass is 9.75. The van der Waals surface area contributed by atoms with Crippen LogP contribution in [0.5, 0.6) is 5.75 Å². The molecule has 1 amide bonds. The molecule has 5 rings (SSSR count). The van der Waals surface area contributed by atoms with E-state index in [1.807, 2.05) is 30.5 Å². The van der Waals surface area contributed by atoms with Crippen LogP contribution in [0.1, 0.15) is 61.1 Å². The maximum Gasteiger partial charge on any atom is 0.221 e. The molecule has 3 aromatic rings. The van der Waals surface area contributed by atoms with Gasteiger partial charge in [0.15, 0.2) is 0 Å². The van der Waals surface area contributed by atoms with Crippen molar-refractivity contribution < 1.29 is 9.53 Å². The molecule has 0 aliphatic carbocycles. The van der Waals surface area contributed by atoms with Gasteiger partial charge < -0.3 is 15.8 Å². The van der Waals surface area contributed by atoms with Gasteiger partial charge in [0.2, 0.25) is 5.91 Å². The molecule has 202 valence electrons. The summed E-state index contributed by atoms with van der Waals surface area (Å²) in [7, 11) is 0. The van der Waals surface area contributed by atoms with Crippen molar-refractivity contribution in [1.29, 1.82) is 0 Å². The summed E-state index contributed by atoms with van der Waals surface area (Å²) in [6, 6.07) is 29.8. The highest BCUT2D eigenvalue weighted by atomic mass is 16.5. The number of benzene rings is 3. The number of nitrogens with two attached hydrogens (primary N) is 1. The first-order chi connectivity index (χ1) is 19.1. The molecule has 2 aliphatic rings. The van der Waals surface area contributed by atoms with E-state index in [9.17, 15) is 4.79 Å². The lowest BCUT2D eigenvalue weighted by Gasteiger charge is -2.34. The Kier molecular flexibility index (Phi) is 8.89. The van der Waals surface area contributed by atoms with Crippen molar-refractivity contribution in [3.05, 3.63) is 113 Å². The molecular formula is C34H39N3O2. The number of nitrogens with one attached hydrogen (secondary N) is 1. The number of ether oxygens (including phenoxy) is 1. The van der Waals surface area contributed by atoms with Crippen LogP contribution in [0.15, 0.2) is 102 Å². The summed E-state index contributed by atoms with van der Waals surface area (Å²) in [6.07, 6.45) is 10.7. The third-order valence-electron chi connectivity index (χ3n) is 8.05. The molecule has 0 spiro atoms. The van der Waals surface area contributed by atoms with Crippen LogP contribution >= 0.6 is 0 Å². The van der Waals surface area contributed by atoms with Gasteiger partial charge in [-0.15, -0.1) is 0 Å². The topological polar surface area (TPSA) is 76.7 Å². The molecule has 3 aromatic carbocycles. The Balaban J connectivity index is 1.32. The van der Waals surface area contributed by atoms with E-state index in [1.165, 1.54) is 29.5 Å². The third kappa shape index (κ3) is 7.04. The van der Waals surface area contributed by atoms with Crippen molar-refractivity contribution in [2.24, 2.45) is 10.7 Å². The maximum atomic E-state index is 11.3. The quantitative estimate of drug-likeness (QED) is 0.271. The molecular weight excluding hydrogens is 482 g/mol. The molecule has 0 bridgehead atoms. The first-order valence-electron chi connectivity index (χ1n) is 14.2. The van der Waals surface area contributed by atoms with Gasteiger partial charge in [-0.05, 0) is 85.5 Å². The van der Waals surface area contributed by atoms with Gasteiger partial charge in [0, 0.05) is 18.2 Å². The summed E-state index contributed by atoms with van der Waals surface area (Å²) >= 11 is 0. The maximum absolute atomic E-state index is 11.3. The lowest BCUT2D eigenvalue weighted by molar-refractivity contribution is -0.117. The van der Waals surface area contributed by atoms with Crippen molar-refractivity contribution >= 4 is 12.1 Å². The number of nitrogens with zero attached hydrogens (tertiary/aromatic N) is 1. The van der Waals surface area contributed by atoms with E-state index in [0.29, 0.717) is 12.6 Å². The standard InChI is InChI=1S/C34H39N3O2/c35-33(38)23-26-10-7-16-31(22-26)39-21-9-18-34(25-30-15-8-19-36-30)29(17-20-37-34)24-32(27-11-3-1-4-12-27)28-13-5-2-6-14-28/h1-7,10-14,16-17,20,22,30,32,36H,8-9,15,18-19,21,23-25H2,(H2,35,38). The van der Waals surface area contributed by atoms with E-state index in [-0.39, 0.29) is 23.8 Å². The molecule has 39 heavy (non-hydrogen) atoms. The van der Waals surface area contributed by atoms with E-state index < -0.39 is 0 Å². The summed E-state index contributed by atoms with van der Waals surface area (Å²) < 4.78 is 6.12. The van der Waals surface area contributed by atoms with Gasteiger partial charge in [-0.3, -0.25) is 9.79 Å². The van der Waals surface area contributed by atoms with Gasteiger partial charge in [0.1, 0.15) is 5.75 Å². The highest BCUT2D eigenvalue weighted by molar-refractivity contribution is 5.78. The Morgan fingerprint density at radius 1 is 1.03 bits per heavy atom. The summed E-state index contributed by atoms with van der Waals surface area (Å²) in [5.74, 6) is 0.719. The zero-order valence-electron chi connectivity index (χ0n) is 22.6. The Morgan fingerprint density at radius 2 is 1.77 bits per heavy atom. The molecule has 1 saturated heterocycles. The van der Waals surface area contributed by atoms with Gasteiger partial charge in [-0.2, -0.15) is 0 Å². The van der Waals surface area contributed by atoms with E-state index in [2.05, 4.69) is 72.1 Å². The molecule has 0 saturated carbocycles. The van der Waals surface area contributed by atoms with Gasteiger partial charge in [-0.1, -0.05) is 72.8 Å². The molecule has 2 unspecified atom stereocenters. The Bertz CT molecular complexity index is 1240. The lowest BCUT2D eigenvalue weighted by Crippen LogP contribution is -2.37. The molecule has 0 aromatic heterocycles. The normalized spacial score (nSPS) is 20.3. The summed E-state index contributed by atoms with van der Waals surface area (Å²) in [5, 5.41) is 3.71. The van der Waals surface area contributed by atoms with Gasteiger partial charge in [0.05, 0.1) is 18.6 Å². The zero-order chi connectivity index (χ0) is 26.9. The van der Waals surface area contributed by atoms with E-state index >= 15 is 0 Å². The predicted molar refractivity (Wildman–Crippen MR) is 158 cm³/mol. The number of primary amides is 1. The first-order valence-corrected chi connectivity index (χ1v) is 14.2. The van der Waals surface area contributed by atoms with Gasteiger partial charge in [0.25, 0.3) is 0 Å². The number of aliphatic imine (C=N–C) groups is 1. The molecule has 5 nitrogen and oxygen atoms in total. The number of hydrogen-bond acceptors (Lipinski definition) is 4. The fourth-order valence-corrected chi connectivity index (χ4v) is 6.14. The molecule has 2 heterocycles. The minimum atomic E-state index is -0.336. The van der Waals surface area contributed by atoms with E-state index in [1.54, 1.807) is 0 Å². The molecule has 2 aliphatic heterocycles. The number of carbonyl (C=O) groups is 1. The summed E-state index contributed by atoms with van der Waals surface area (Å²) in [5.41, 5.74) is 10.1. The first kappa shape index (κ1) is 26.9. The van der Waals surface area contributed by atoms with Crippen molar-refractivity contribution in [2.75, 3.05) is 13.2 Å². The Morgan fingerprint density at radius 3 is 2.44 bits per heavy atom. The van der Waals surface area contributed by atoms with Crippen LogP contribution in [0, 0.1) is 0 Å². The van der Waals surface area contributed by atoms with Crippen molar-refractivity contribution in [3.8, 4) is 5.75 Å².